The van der Waals surface area contributed by atoms with Gasteiger partial charge in [-0.25, -0.2) is 0 Å². The van der Waals surface area contributed by atoms with Crippen LogP contribution < -0.4 is 15.0 Å². The van der Waals surface area contributed by atoms with Gasteiger partial charge in [0.15, 0.2) is 0 Å². The molecular weight excluding hydrogens is 428 g/mol. The Kier molecular flexibility index (Phi) is 6.03. The summed E-state index contributed by atoms with van der Waals surface area (Å²) in [5.41, 5.74) is 3.60. The number of benzene rings is 3. The molecule has 8 nitrogen and oxygen atoms in total. The highest BCUT2D eigenvalue weighted by Gasteiger charge is 2.31. The minimum atomic E-state index is -0.188. The third-order valence-corrected chi connectivity index (χ3v) is 5.55. The maximum atomic E-state index is 13.1. The Balaban J connectivity index is 1.46. The van der Waals surface area contributed by atoms with Crippen molar-refractivity contribution in [1.82, 2.24) is 20.2 Å². The first-order chi connectivity index (χ1) is 16.7. The zero-order valence-corrected chi connectivity index (χ0v) is 18.7. The van der Waals surface area contributed by atoms with E-state index < -0.39 is 0 Å². The van der Waals surface area contributed by atoms with Crippen molar-refractivity contribution in [2.45, 2.75) is 13.0 Å². The standard InChI is InChI=1S/C26H24N6O2/c1-2-34-22-15-13-21(14-16-22)27-25(33)18-31-23(19-9-5-3-6-10-19)17-24(20-11-7-4-8-12-20)32-26(31)28-29-30-32/h3-17,24H,2,18H2,1H3,(H,27,33). The van der Waals surface area contributed by atoms with Gasteiger partial charge in [-0.2, -0.15) is 4.68 Å². The normalized spacial score (nSPS) is 14.8. The zero-order valence-electron chi connectivity index (χ0n) is 18.7. The van der Waals surface area contributed by atoms with E-state index in [-0.39, 0.29) is 18.5 Å². The van der Waals surface area contributed by atoms with E-state index in [1.54, 1.807) is 4.68 Å². The molecule has 1 unspecified atom stereocenters. The van der Waals surface area contributed by atoms with Crippen molar-refractivity contribution < 1.29 is 9.53 Å². The SMILES string of the molecule is CCOc1ccc(NC(=O)CN2C(c3ccccc3)=CC(c3ccccc3)n3nnnc32)cc1. The molecule has 1 N–H and O–H groups in total. The van der Waals surface area contributed by atoms with Gasteiger partial charge >= 0.3 is 0 Å². The largest absolute Gasteiger partial charge is 0.494 e. The highest BCUT2D eigenvalue weighted by Crippen LogP contribution is 2.36. The van der Waals surface area contributed by atoms with Gasteiger partial charge in [-0.05, 0) is 58.8 Å². The van der Waals surface area contributed by atoms with Crippen LogP contribution in [0.15, 0.2) is 91.0 Å². The molecule has 170 valence electrons. The summed E-state index contributed by atoms with van der Waals surface area (Å²) in [7, 11) is 0. The van der Waals surface area contributed by atoms with Crippen LogP contribution in [-0.2, 0) is 4.79 Å². The average Bonchev–Trinajstić information content (AvgIpc) is 3.37. The predicted octanol–water partition coefficient (Wildman–Crippen LogP) is 4.16. The molecule has 1 atom stereocenters. The lowest BCUT2D eigenvalue weighted by Gasteiger charge is -2.32. The van der Waals surface area contributed by atoms with Crippen LogP contribution in [0.4, 0.5) is 11.6 Å². The number of amides is 1. The number of carbonyl (C=O) groups excluding carboxylic acids is 1. The number of nitrogens with zero attached hydrogens (tertiary/aromatic N) is 5. The summed E-state index contributed by atoms with van der Waals surface area (Å²) in [6.45, 7) is 2.58. The minimum Gasteiger partial charge on any atom is -0.494 e. The van der Waals surface area contributed by atoms with Crippen LogP contribution in [0.1, 0.15) is 24.1 Å². The molecule has 3 aromatic carbocycles. The van der Waals surface area contributed by atoms with Gasteiger partial charge in [0.2, 0.25) is 5.91 Å². The molecule has 0 fully saturated rings. The number of nitrogens with one attached hydrogen (secondary N) is 1. The summed E-state index contributed by atoms with van der Waals surface area (Å²) >= 11 is 0. The van der Waals surface area contributed by atoms with Crippen molar-refractivity contribution in [3.8, 4) is 5.75 Å². The fourth-order valence-corrected chi connectivity index (χ4v) is 4.01. The topological polar surface area (TPSA) is 85.2 Å². The number of hydrogen-bond acceptors (Lipinski definition) is 6. The third kappa shape index (κ3) is 4.38. The van der Waals surface area contributed by atoms with Crippen LogP contribution in [-0.4, -0.2) is 39.3 Å². The molecule has 1 aliphatic heterocycles. The third-order valence-electron chi connectivity index (χ3n) is 5.55. The van der Waals surface area contributed by atoms with Gasteiger partial charge < -0.3 is 10.1 Å². The lowest BCUT2D eigenvalue weighted by Crippen LogP contribution is -2.37. The second-order valence-electron chi connectivity index (χ2n) is 7.79. The van der Waals surface area contributed by atoms with E-state index in [2.05, 4.69) is 26.9 Å². The summed E-state index contributed by atoms with van der Waals surface area (Å²) in [6, 6.07) is 27.1. The van der Waals surface area contributed by atoms with E-state index in [0.29, 0.717) is 18.2 Å². The molecule has 8 heteroatoms. The van der Waals surface area contributed by atoms with Gasteiger partial charge in [-0.15, -0.1) is 0 Å². The summed E-state index contributed by atoms with van der Waals surface area (Å²) in [5.74, 6) is 1.09. The van der Waals surface area contributed by atoms with Crippen molar-refractivity contribution in [3.05, 3.63) is 102 Å². The number of allylic oxidation sites excluding steroid dienone is 1. The predicted molar refractivity (Wildman–Crippen MR) is 130 cm³/mol. The highest BCUT2D eigenvalue weighted by molar-refractivity contribution is 5.97. The zero-order chi connectivity index (χ0) is 23.3. The summed E-state index contributed by atoms with van der Waals surface area (Å²) in [5, 5.41) is 15.4. The van der Waals surface area contributed by atoms with Crippen LogP contribution in [0.25, 0.3) is 5.70 Å². The van der Waals surface area contributed by atoms with Gasteiger partial charge in [0.25, 0.3) is 5.95 Å². The van der Waals surface area contributed by atoms with Crippen molar-refractivity contribution >= 4 is 23.2 Å². The quantitative estimate of drug-likeness (QED) is 0.453. The van der Waals surface area contributed by atoms with Crippen LogP contribution in [0.5, 0.6) is 5.75 Å². The maximum Gasteiger partial charge on any atom is 0.251 e. The Morgan fingerprint density at radius 3 is 2.38 bits per heavy atom. The smallest absolute Gasteiger partial charge is 0.251 e. The van der Waals surface area contributed by atoms with Gasteiger partial charge in [0, 0.05) is 5.69 Å². The molecule has 2 heterocycles. The van der Waals surface area contributed by atoms with Gasteiger partial charge in [-0.1, -0.05) is 65.8 Å². The Morgan fingerprint density at radius 1 is 0.971 bits per heavy atom. The van der Waals surface area contributed by atoms with Crippen molar-refractivity contribution in [1.29, 1.82) is 0 Å². The van der Waals surface area contributed by atoms with Crippen LogP contribution in [0, 0.1) is 0 Å². The first-order valence-electron chi connectivity index (χ1n) is 11.1. The minimum absolute atomic E-state index is 0.0514. The molecule has 0 spiro atoms. The molecule has 1 amide bonds. The molecule has 1 aromatic heterocycles. The molecule has 5 rings (SSSR count). The van der Waals surface area contributed by atoms with E-state index in [4.69, 9.17) is 4.74 Å². The molecule has 0 saturated heterocycles. The summed E-state index contributed by atoms with van der Waals surface area (Å²) < 4.78 is 7.22. The molecule has 0 bridgehead atoms. The van der Waals surface area contributed by atoms with Gasteiger partial charge in [0.05, 0.1) is 12.3 Å². The Morgan fingerprint density at radius 2 is 1.68 bits per heavy atom. The van der Waals surface area contributed by atoms with Crippen LogP contribution >= 0.6 is 0 Å². The highest BCUT2D eigenvalue weighted by atomic mass is 16.5. The number of rotatable bonds is 7. The number of tetrazole rings is 1. The Bertz CT molecular complexity index is 1290. The second-order valence-corrected chi connectivity index (χ2v) is 7.79. The Hall–Kier alpha value is -4.46. The Labute approximate surface area is 197 Å². The molecule has 0 radical (unpaired) electrons. The van der Waals surface area contributed by atoms with Crippen LogP contribution in [0.2, 0.25) is 0 Å². The maximum absolute atomic E-state index is 13.1. The van der Waals surface area contributed by atoms with E-state index in [1.165, 1.54) is 0 Å². The fraction of sp³-hybridized carbons (Fsp3) is 0.154. The number of ether oxygens (including phenoxy) is 1. The van der Waals surface area contributed by atoms with Crippen molar-refractivity contribution in [3.63, 3.8) is 0 Å². The number of aromatic nitrogens is 4. The van der Waals surface area contributed by atoms with E-state index in [0.717, 1.165) is 22.6 Å². The van der Waals surface area contributed by atoms with E-state index in [9.17, 15) is 4.79 Å². The van der Waals surface area contributed by atoms with Crippen molar-refractivity contribution in [2.75, 3.05) is 23.4 Å². The number of carbonyl (C=O) groups is 1. The number of fused-ring (bicyclic) bond motifs is 1. The first-order valence-corrected chi connectivity index (χ1v) is 11.1. The lowest BCUT2D eigenvalue weighted by atomic mass is 10.0. The molecule has 4 aromatic rings. The van der Waals surface area contributed by atoms with Crippen LogP contribution in [0.3, 0.4) is 0 Å². The summed E-state index contributed by atoms with van der Waals surface area (Å²) in [4.78, 5) is 14.9. The molecule has 0 aliphatic carbocycles. The number of hydrogen-bond donors (Lipinski definition) is 1. The second kappa shape index (κ2) is 9.58. The average molecular weight is 453 g/mol. The number of anilines is 2. The van der Waals surface area contributed by atoms with Crippen molar-refractivity contribution in [2.24, 2.45) is 0 Å². The molecule has 34 heavy (non-hydrogen) atoms. The first kappa shape index (κ1) is 21.4. The molecule has 1 aliphatic rings. The van der Waals surface area contributed by atoms with E-state index >= 15 is 0 Å². The fourth-order valence-electron chi connectivity index (χ4n) is 4.01. The molecular formula is C26H24N6O2. The van der Waals surface area contributed by atoms with Gasteiger partial charge in [0.1, 0.15) is 18.3 Å². The van der Waals surface area contributed by atoms with E-state index in [1.807, 2.05) is 96.8 Å². The summed E-state index contributed by atoms with van der Waals surface area (Å²) in [6.07, 6.45) is 2.10. The lowest BCUT2D eigenvalue weighted by molar-refractivity contribution is -0.114. The molecule has 0 saturated carbocycles. The monoisotopic (exact) mass is 452 g/mol. The van der Waals surface area contributed by atoms with Gasteiger partial charge in [-0.3, -0.25) is 9.69 Å².